The Bertz CT molecular complexity index is 1550. The lowest BCUT2D eigenvalue weighted by Gasteiger charge is -2.35. The Balaban J connectivity index is 1.30. The van der Waals surface area contributed by atoms with E-state index >= 15 is 0 Å². The maximum atomic E-state index is 13.5. The number of benzene rings is 2. The van der Waals surface area contributed by atoms with E-state index in [0.717, 1.165) is 40.1 Å². The number of anilines is 1. The van der Waals surface area contributed by atoms with Gasteiger partial charge in [-0.3, -0.25) is 0 Å². The van der Waals surface area contributed by atoms with Crippen LogP contribution in [0.5, 0.6) is 0 Å². The molecule has 0 unspecified atom stereocenters. The summed E-state index contributed by atoms with van der Waals surface area (Å²) < 4.78 is 28.6. The van der Waals surface area contributed by atoms with Gasteiger partial charge >= 0.3 is 0 Å². The van der Waals surface area contributed by atoms with E-state index in [9.17, 15) is 8.42 Å². The van der Waals surface area contributed by atoms with Gasteiger partial charge in [-0.05, 0) is 53.6 Å². The van der Waals surface area contributed by atoms with Gasteiger partial charge in [0.05, 0.1) is 10.3 Å². The van der Waals surface area contributed by atoms with Gasteiger partial charge in [0, 0.05) is 37.0 Å². The normalized spacial score (nSPS) is 19.3. The fourth-order valence-electron chi connectivity index (χ4n) is 5.44. The summed E-state index contributed by atoms with van der Waals surface area (Å²) in [4.78, 5) is 15.2. The Hall–Kier alpha value is -2.55. The zero-order valence-corrected chi connectivity index (χ0v) is 22.7. The van der Waals surface area contributed by atoms with Crippen molar-refractivity contribution in [3.63, 3.8) is 0 Å². The second-order valence-corrected chi connectivity index (χ2v) is 13.5. The van der Waals surface area contributed by atoms with Crippen LogP contribution in [-0.2, 0) is 22.9 Å². The predicted octanol–water partition coefficient (Wildman–Crippen LogP) is 5.60. The van der Waals surface area contributed by atoms with E-state index < -0.39 is 10.0 Å². The Labute approximate surface area is 217 Å². The SMILES string of the molecule is CC(C)c1nc(N2CCN(S(=O)(=O)c3ccc4ccccc4c3)CC2)c2c3c(sc2n1)C[C@@H](C)CC3. The zero-order chi connectivity index (χ0) is 25.0. The molecule has 2 aromatic carbocycles. The van der Waals surface area contributed by atoms with E-state index in [1.54, 1.807) is 16.4 Å². The minimum atomic E-state index is -3.56. The highest BCUT2D eigenvalue weighted by molar-refractivity contribution is 7.89. The third-order valence-corrected chi connectivity index (χ3v) is 10.6. The Morgan fingerprint density at radius 3 is 2.50 bits per heavy atom. The number of nitrogens with zero attached hydrogens (tertiary/aromatic N) is 4. The van der Waals surface area contributed by atoms with Crippen molar-refractivity contribution < 1.29 is 8.42 Å². The molecule has 1 saturated heterocycles. The molecule has 188 valence electrons. The van der Waals surface area contributed by atoms with Crippen molar-refractivity contribution in [2.24, 2.45) is 5.92 Å². The highest BCUT2D eigenvalue weighted by Crippen LogP contribution is 2.42. The van der Waals surface area contributed by atoms with Crippen molar-refractivity contribution in [3.05, 3.63) is 58.7 Å². The number of thiophene rings is 1. The number of piperazine rings is 1. The first-order valence-electron chi connectivity index (χ1n) is 12.9. The second-order valence-electron chi connectivity index (χ2n) is 10.5. The molecular formula is C28H32N4O2S2. The molecule has 2 aliphatic rings. The zero-order valence-electron chi connectivity index (χ0n) is 21.1. The summed E-state index contributed by atoms with van der Waals surface area (Å²) in [6.07, 6.45) is 3.39. The molecule has 0 spiro atoms. The standard InChI is InChI=1S/C28H32N4O2S2/c1-18(2)26-29-27(25-23-11-8-19(3)16-24(23)35-28(25)30-26)31-12-14-32(15-13-31)36(33,34)22-10-9-20-6-4-5-7-21(20)17-22/h4-7,9-10,17-19H,8,11-16H2,1-3H3/t19-/m0/s1. The molecule has 0 radical (unpaired) electrons. The fourth-order valence-corrected chi connectivity index (χ4v) is 8.29. The average Bonchev–Trinajstić information content (AvgIpc) is 3.25. The lowest BCUT2D eigenvalue weighted by Crippen LogP contribution is -2.49. The van der Waals surface area contributed by atoms with Gasteiger partial charge in [0.2, 0.25) is 10.0 Å². The molecule has 0 bridgehead atoms. The number of fused-ring (bicyclic) bond motifs is 4. The number of aromatic nitrogens is 2. The lowest BCUT2D eigenvalue weighted by atomic mass is 9.89. The van der Waals surface area contributed by atoms with E-state index in [1.807, 2.05) is 41.7 Å². The highest BCUT2D eigenvalue weighted by atomic mass is 32.2. The van der Waals surface area contributed by atoms with Crippen LogP contribution in [0.3, 0.4) is 0 Å². The molecule has 1 fully saturated rings. The fraction of sp³-hybridized carbons (Fsp3) is 0.429. The van der Waals surface area contributed by atoms with Crippen molar-refractivity contribution in [2.45, 2.75) is 50.8 Å². The first-order chi connectivity index (χ1) is 17.3. The third-order valence-electron chi connectivity index (χ3n) is 7.57. The van der Waals surface area contributed by atoms with Crippen LogP contribution in [-0.4, -0.2) is 48.9 Å². The van der Waals surface area contributed by atoms with Crippen LogP contribution in [0, 0.1) is 5.92 Å². The van der Waals surface area contributed by atoms with Gasteiger partial charge in [-0.15, -0.1) is 11.3 Å². The van der Waals surface area contributed by atoms with Gasteiger partial charge in [0.1, 0.15) is 16.5 Å². The predicted molar refractivity (Wildman–Crippen MR) is 148 cm³/mol. The summed E-state index contributed by atoms with van der Waals surface area (Å²) in [5.41, 5.74) is 1.42. The molecule has 1 aliphatic heterocycles. The van der Waals surface area contributed by atoms with E-state index in [2.05, 4.69) is 25.7 Å². The average molecular weight is 521 g/mol. The minimum Gasteiger partial charge on any atom is -0.353 e. The van der Waals surface area contributed by atoms with Crippen molar-refractivity contribution >= 4 is 48.2 Å². The summed E-state index contributed by atoms with van der Waals surface area (Å²) in [5, 5.41) is 3.19. The van der Waals surface area contributed by atoms with Crippen LogP contribution in [0.2, 0.25) is 0 Å². The van der Waals surface area contributed by atoms with Crippen molar-refractivity contribution in [1.29, 1.82) is 0 Å². The maximum absolute atomic E-state index is 13.5. The first-order valence-corrected chi connectivity index (χ1v) is 15.1. The van der Waals surface area contributed by atoms with Gasteiger partial charge in [0.25, 0.3) is 0 Å². The summed E-state index contributed by atoms with van der Waals surface area (Å²) in [7, 11) is -3.56. The van der Waals surface area contributed by atoms with E-state index in [-0.39, 0.29) is 5.92 Å². The molecule has 0 saturated carbocycles. The second kappa shape index (κ2) is 9.08. The molecule has 8 heteroatoms. The van der Waals surface area contributed by atoms with Crippen LogP contribution >= 0.6 is 11.3 Å². The number of aryl methyl sites for hydroxylation is 1. The van der Waals surface area contributed by atoms with Crippen LogP contribution in [0.25, 0.3) is 21.0 Å². The Morgan fingerprint density at radius 1 is 1.00 bits per heavy atom. The summed E-state index contributed by atoms with van der Waals surface area (Å²) >= 11 is 1.83. The molecule has 1 atom stereocenters. The summed E-state index contributed by atoms with van der Waals surface area (Å²) in [6.45, 7) is 8.73. The molecule has 4 aromatic rings. The van der Waals surface area contributed by atoms with Gasteiger partial charge in [-0.1, -0.05) is 51.1 Å². The minimum absolute atomic E-state index is 0.237. The molecule has 0 amide bonds. The van der Waals surface area contributed by atoms with E-state index in [1.165, 1.54) is 22.2 Å². The quantitative estimate of drug-likeness (QED) is 0.350. The molecule has 3 heterocycles. The topological polar surface area (TPSA) is 66.4 Å². The van der Waals surface area contributed by atoms with Crippen molar-refractivity contribution in [3.8, 4) is 0 Å². The largest absolute Gasteiger partial charge is 0.353 e. The van der Waals surface area contributed by atoms with Gasteiger partial charge in [0.15, 0.2) is 0 Å². The van der Waals surface area contributed by atoms with Crippen LogP contribution in [0.4, 0.5) is 5.82 Å². The molecule has 6 rings (SSSR count). The molecule has 2 aromatic heterocycles. The summed E-state index contributed by atoms with van der Waals surface area (Å²) in [6, 6.07) is 13.3. The third kappa shape index (κ3) is 4.09. The maximum Gasteiger partial charge on any atom is 0.243 e. The molecule has 1 aliphatic carbocycles. The van der Waals surface area contributed by atoms with Crippen molar-refractivity contribution in [2.75, 3.05) is 31.1 Å². The number of sulfonamides is 1. The number of hydrogen-bond acceptors (Lipinski definition) is 6. The summed E-state index contributed by atoms with van der Waals surface area (Å²) in [5.74, 6) is 2.81. The monoisotopic (exact) mass is 520 g/mol. The Morgan fingerprint density at radius 2 is 1.75 bits per heavy atom. The van der Waals surface area contributed by atoms with Gasteiger partial charge in [-0.25, -0.2) is 18.4 Å². The molecular weight excluding hydrogens is 488 g/mol. The Kier molecular flexibility index (Phi) is 6.01. The van der Waals surface area contributed by atoms with E-state index in [0.29, 0.717) is 37.0 Å². The van der Waals surface area contributed by atoms with Crippen LogP contribution < -0.4 is 4.90 Å². The lowest BCUT2D eigenvalue weighted by molar-refractivity contribution is 0.384. The van der Waals surface area contributed by atoms with Gasteiger partial charge < -0.3 is 4.90 Å². The van der Waals surface area contributed by atoms with Crippen LogP contribution in [0.15, 0.2) is 47.4 Å². The molecule has 0 N–H and O–H groups in total. The van der Waals surface area contributed by atoms with E-state index in [4.69, 9.17) is 9.97 Å². The smallest absolute Gasteiger partial charge is 0.243 e. The number of hydrogen-bond donors (Lipinski definition) is 0. The van der Waals surface area contributed by atoms with Crippen molar-refractivity contribution in [1.82, 2.24) is 14.3 Å². The first kappa shape index (κ1) is 23.8. The highest BCUT2D eigenvalue weighted by Gasteiger charge is 2.32. The van der Waals surface area contributed by atoms with Gasteiger partial charge in [-0.2, -0.15) is 4.31 Å². The number of rotatable bonds is 4. The van der Waals surface area contributed by atoms with Crippen LogP contribution in [0.1, 0.15) is 49.4 Å². The molecule has 36 heavy (non-hydrogen) atoms. The molecule has 6 nitrogen and oxygen atoms in total.